The first-order valence-corrected chi connectivity index (χ1v) is 14.4. The summed E-state index contributed by atoms with van der Waals surface area (Å²) in [5, 5.41) is 6.37. The van der Waals surface area contributed by atoms with Gasteiger partial charge in [-0.2, -0.15) is 0 Å². The number of amides is 3. The van der Waals surface area contributed by atoms with Gasteiger partial charge < -0.3 is 20.5 Å². The molecule has 3 aliphatic rings. The summed E-state index contributed by atoms with van der Waals surface area (Å²) in [5.74, 6) is -2.64. The van der Waals surface area contributed by atoms with E-state index in [1.54, 1.807) is 11.0 Å². The molecule has 2 saturated carbocycles. The molecule has 1 aromatic heterocycles. The lowest BCUT2D eigenvalue weighted by Gasteiger charge is -2.26. The third-order valence-electron chi connectivity index (χ3n) is 8.89. The number of carbonyl (C=O) groups is 5. The zero-order valence-corrected chi connectivity index (χ0v) is 22.9. The van der Waals surface area contributed by atoms with E-state index in [2.05, 4.69) is 15.6 Å². The van der Waals surface area contributed by atoms with Crippen molar-refractivity contribution in [3.8, 4) is 0 Å². The number of hydrogen-bond donors (Lipinski definition) is 3. The second-order valence-corrected chi connectivity index (χ2v) is 11.8. The molecule has 2 aromatic carbocycles. The maximum atomic E-state index is 13.8. The minimum atomic E-state index is -1.15. The minimum Gasteiger partial charge on any atom is -0.351 e. The van der Waals surface area contributed by atoms with Crippen LogP contribution in [-0.4, -0.2) is 57.8 Å². The molecule has 0 bridgehead atoms. The SMILES string of the molecule is O=C(NCc1ccccc1)C(=O)C(CC1CCCC1=O)NC(=O)C1CC2(CC2)CN1C(=O)c1cc2ccccc2[nH]1. The number of rotatable bonds is 9. The van der Waals surface area contributed by atoms with E-state index in [0.717, 1.165) is 35.7 Å². The third kappa shape index (κ3) is 5.66. The van der Waals surface area contributed by atoms with Crippen LogP contribution in [0.25, 0.3) is 10.9 Å². The molecule has 3 unspecified atom stereocenters. The molecule has 3 atom stereocenters. The van der Waals surface area contributed by atoms with Crippen LogP contribution in [0.15, 0.2) is 60.7 Å². The van der Waals surface area contributed by atoms with E-state index in [4.69, 9.17) is 0 Å². The molecule has 3 amide bonds. The minimum absolute atomic E-state index is 0.0511. The average molecular weight is 555 g/mol. The van der Waals surface area contributed by atoms with Gasteiger partial charge in [0.2, 0.25) is 11.7 Å². The fraction of sp³-hybridized carbons (Fsp3) is 0.406. The van der Waals surface area contributed by atoms with E-state index in [9.17, 15) is 24.0 Å². The number of hydrogen-bond acceptors (Lipinski definition) is 5. The zero-order valence-electron chi connectivity index (χ0n) is 22.9. The van der Waals surface area contributed by atoms with Gasteiger partial charge in [0.05, 0.1) is 6.04 Å². The number of ketones is 2. The summed E-state index contributed by atoms with van der Waals surface area (Å²) in [6.07, 6.45) is 4.27. The average Bonchev–Trinajstić information content (AvgIpc) is 3.28. The molecular formula is C32H34N4O5. The summed E-state index contributed by atoms with van der Waals surface area (Å²) >= 11 is 0. The lowest BCUT2D eigenvalue weighted by atomic mass is 9.94. The van der Waals surface area contributed by atoms with E-state index in [-0.39, 0.29) is 36.0 Å². The Morgan fingerprint density at radius 1 is 1.02 bits per heavy atom. The van der Waals surface area contributed by atoms with E-state index >= 15 is 0 Å². The molecule has 1 spiro atoms. The quantitative estimate of drug-likeness (QED) is 0.350. The van der Waals surface area contributed by atoms with Gasteiger partial charge in [-0.25, -0.2) is 0 Å². The highest BCUT2D eigenvalue weighted by molar-refractivity contribution is 6.38. The Morgan fingerprint density at radius 2 is 1.78 bits per heavy atom. The van der Waals surface area contributed by atoms with Crippen molar-refractivity contribution in [3.05, 3.63) is 71.9 Å². The monoisotopic (exact) mass is 554 g/mol. The Balaban J connectivity index is 1.19. The van der Waals surface area contributed by atoms with Crippen LogP contribution in [0, 0.1) is 11.3 Å². The number of nitrogens with one attached hydrogen (secondary N) is 3. The Morgan fingerprint density at radius 3 is 2.49 bits per heavy atom. The second-order valence-electron chi connectivity index (χ2n) is 11.8. The van der Waals surface area contributed by atoms with Crippen LogP contribution in [0.2, 0.25) is 0 Å². The molecule has 2 heterocycles. The van der Waals surface area contributed by atoms with Crippen molar-refractivity contribution in [3.63, 3.8) is 0 Å². The van der Waals surface area contributed by atoms with Crippen LogP contribution in [-0.2, 0) is 25.7 Å². The molecule has 6 rings (SSSR count). The predicted molar refractivity (Wildman–Crippen MR) is 152 cm³/mol. The smallest absolute Gasteiger partial charge is 0.289 e. The standard InChI is InChI=1S/C32H34N4O5/c37-27-12-6-10-22(27)16-24(28(38)30(40)33-18-20-7-2-1-3-8-20)35-29(39)26-17-32(13-14-32)19-36(26)31(41)25-15-21-9-4-5-11-23(21)34-25/h1-5,7-9,11,15,22,24,26,34H,6,10,12-14,16-19H2,(H,33,40)(H,35,39). The van der Waals surface area contributed by atoms with Gasteiger partial charge >= 0.3 is 0 Å². The number of aromatic nitrogens is 1. The van der Waals surface area contributed by atoms with Gasteiger partial charge in [-0.05, 0) is 61.6 Å². The number of nitrogens with zero attached hydrogens (tertiary/aromatic N) is 1. The van der Waals surface area contributed by atoms with E-state index < -0.39 is 29.7 Å². The molecule has 2 aliphatic carbocycles. The number of carbonyl (C=O) groups excluding carboxylic acids is 5. The first-order valence-electron chi connectivity index (χ1n) is 14.4. The summed E-state index contributed by atoms with van der Waals surface area (Å²) in [4.78, 5) is 70.9. The maximum absolute atomic E-state index is 13.8. The number of fused-ring (bicyclic) bond motifs is 1. The van der Waals surface area contributed by atoms with Crippen LogP contribution >= 0.6 is 0 Å². The Bertz CT molecular complexity index is 1480. The highest BCUT2D eigenvalue weighted by atomic mass is 16.2. The van der Waals surface area contributed by atoms with Crippen molar-refractivity contribution < 1.29 is 24.0 Å². The Hall–Kier alpha value is -4.27. The maximum Gasteiger partial charge on any atom is 0.289 e. The van der Waals surface area contributed by atoms with Crippen molar-refractivity contribution in [2.45, 2.75) is 63.6 Å². The highest BCUT2D eigenvalue weighted by Crippen LogP contribution is 2.55. The van der Waals surface area contributed by atoms with Gasteiger partial charge in [0.25, 0.3) is 11.8 Å². The van der Waals surface area contributed by atoms with Crippen LogP contribution < -0.4 is 10.6 Å². The molecule has 212 valence electrons. The normalized spacial score (nSPS) is 21.7. The molecular weight excluding hydrogens is 520 g/mol. The van der Waals surface area contributed by atoms with Crippen molar-refractivity contribution in [2.75, 3.05) is 6.54 Å². The fourth-order valence-corrected chi connectivity index (χ4v) is 6.33. The first-order chi connectivity index (χ1) is 19.8. The van der Waals surface area contributed by atoms with Crippen LogP contribution in [0.3, 0.4) is 0 Å². The van der Waals surface area contributed by atoms with Gasteiger partial charge in [0.1, 0.15) is 17.5 Å². The number of Topliss-reactive ketones (excluding diaryl/α,β-unsaturated/α-hetero) is 2. The lowest BCUT2D eigenvalue weighted by molar-refractivity contribution is -0.141. The summed E-state index contributed by atoms with van der Waals surface area (Å²) in [7, 11) is 0. The second kappa shape index (κ2) is 11.0. The molecule has 1 saturated heterocycles. The number of benzene rings is 2. The fourth-order valence-electron chi connectivity index (χ4n) is 6.33. The van der Waals surface area contributed by atoms with Crippen LogP contribution in [0.5, 0.6) is 0 Å². The summed E-state index contributed by atoms with van der Waals surface area (Å²) in [6.45, 7) is 0.642. The lowest BCUT2D eigenvalue weighted by Crippen LogP contribution is -2.54. The zero-order chi connectivity index (χ0) is 28.6. The van der Waals surface area contributed by atoms with E-state index in [1.807, 2.05) is 54.6 Å². The van der Waals surface area contributed by atoms with Crippen molar-refractivity contribution >= 4 is 40.2 Å². The van der Waals surface area contributed by atoms with Gasteiger partial charge in [-0.15, -0.1) is 0 Å². The molecule has 1 aliphatic heterocycles. The van der Waals surface area contributed by atoms with Gasteiger partial charge in [0.15, 0.2) is 0 Å². The van der Waals surface area contributed by atoms with E-state index in [1.165, 1.54) is 0 Å². The molecule has 3 fully saturated rings. The molecule has 9 nitrogen and oxygen atoms in total. The largest absolute Gasteiger partial charge is 0.351 e. The van der Waals surface area contributed by atoms with Crippen molar-refractivity contribution in [1.29, 1.82) is 0 Å². The number of para-hydroxylation sites is 1. The Kier molecular flexibility index (Phi) is 7.19. The predicted octanol–water partition coefficient (Wildman–Crippen LogP) is 3.29. The number of aromatic amines is 1. The number of likely N-dealkylation sites (tertiary alicyclic amines) is 1. The Labute approximate surface area is 238 Å². The van der Waals surface area contributed by atoms with Gasteiger partial charge in [-0.1, -0.05) is 48.5 Å². The molecule has 9 heteroatoms. The van der Waals surface area contributed by atoms with Gasteiger partial charge in [-0.3, -0.25) is 24.0 Å². The molecule has 0 radical (unpaired) electrons. The highest BCUT2D eigenvalue weighted by Gasteiger charge is 2.55. The summed E-state index contributed by atoms with van der Waals surface area (Å²) < 4.78 is 0. The first kappa shape index (κ1) is 26.9. The third-order valence-corrected chi connectivity index (χ3v) is 8.89. The van der Waals surface area contributed by atoms with E-state index in [0.29, 0.717) is 31.5 Å². The molecule has 41 heavy (non-hydrogen) atoms. The molecule has 3 N–H and O–H groups in total. The van der Waals surface area contributed by atoms with Crippen LogP contribution in [0.1, 0.15) is 61.0 Å². The topological polar surface area (TPSA) is 128 Å². The summed E-state index contributed by atoms with van der Waals surface area (Å²) in [6, 6.07) is 16.7. The molecule has 3 aromatic rings. The van der Waals surface area contributed by atoms with Crippen LogP contribution in [0.4, 0.5) is 0 Å². The van der Waals surface area contributed by atoms with Crippen molar-refractivity contribution in [1.82, 2.24) is 20.5 Å². The van der Waals surface area contributed by atoms with Gasteiger partial charge in [0, 0.05) is 36.3 Å². The van der Waals surface area contributed by atoms with Crippen molar-refractivity contribution in [2.24, 2.45) is 11.3 Å². The summed E-state index contributed by atoms with van der Waals surface area (Å²) in [5.41, 5.74) is 2.00. The number of H-pyrrole nitrogens is 1.